The van der Waals surface area contributed by atoms with Crippen LogP contribution < -0.4 is 0 Å². The molecule has 1 aliphatic carbocycles. The van der Waals surface area contributed by atoms with Crippen LogP contribution >= 0.6 is 0 Å². The van der Waals surface area contributed by atoms with Gasteiger partial charge in [0.2, 0.25) is 0 Å². The number of rotatable bonds is 5. The molecule has 0 aromatic heterocycles. The highest BCUT2D eigenvalue weighted by atomic mass is 16.3. The van der Waals surface area contributed by atoms with Crippen LogP contribution in [0.25, 0.3) is 0 Å². The van der Waals surface area contributed by atoms with Gasteiger partial charge in [0.1, 0.15) is 0 Å². The second-order valence-electron chi connectivity index (χ2n) is 4.52. The van der Waals surface area contributed by atoms with E-state index in [0.717, 1.165) is 5.92 Å². The van der Waals surface area contributed by atoms with E-state index in [9.17, 15) is 0 Å². The third kappa shape index (κ3) is 1.82. The molecule has 0 aliphatic heterocycles. The Hall–Kier alpha value is -0.0400. The van der Waals surface area contributed by atoms with Crippen molar-refractivity contribution in [3.8, 4) is 0 Å². The van der Waals surface area contributed by atoms with E-state index >= 15 is 0 Å². The van der Waals surface area contributed by atoms with Crippen molar-refractivity contribution in [2.75, 3.05) is 6.61 Å². The van der Waals surface area contributed by atoms with Crippen molar-refractivity contribution in [3.05, 3.63) is 0 Å². The predicted octanol–water partition coefficient (Wildman–Crippen LogP) is 2.83. The highest BCUT2D eigenvalue weighted by molar-refractivity contribution is 5.01. The molecule has 0 bridgehead atoms. The molecular weight excluding hydrogens is 148 g/mol. The molecule has 1 aliphatic rings. The van der Waals surface area contributed by atoms with Gasteiger partial charge in [-0.05, 0) is 30.1 Å². The van der Waals surface area contributed by atoms with E-state index in [4.69, 9.17) is 5.11 Å². The van der Waals surface area contributed by atoms with Crippen molar-refractivity contribution in [1.82, 2.24) is 0 Å². The second kappa shape index (κ2) is 3.78. The average molecular weight is 170 g/mol. The van der Waals surface area contributed by atoms with Gasteiger partial charge >= 0.3 is 0 Å². The summed E-state index contributed by atoms with van der Waals surface area (Å²) in [7, 11) is 0. The Morgan fingerprint density at radius 3 is 2.50 bits per heavy atom. The number of aliphatic hydroxyl groups is 1. The van der Waals surface area contributed by atoms with E-state index in [0.29, 0.717) is 17.9 Å². The molecule has 1 heteroatoms. The molecule has 12 heavy (non-hydrogen) atoms. The van der Waals surface area contributed by atoms with E-state index in [1.165, 1.54) is 25.7 Å². The van der Waals surface area contributed by atoms with Gasteiger partial charge in [0.05, 0.1) is 0 Å². The lowest BCUT2D eigenvalue weighted by molar-refractivity contribution is 0.228. The fourth-order valence-corrected chi connectivity index (χ4v) is 2.36. The van der Waals surface area contributed by atoms with Crippen molar-refractivity contribution in [2.45, 2.75) is 46.5 Å². The molecule has 3 atom stereocenters. The molecule has 72 valence electrons. The Morgan fingerprint density at radius 1 is 1.50 bits per heavy atom. The largest absolute Gasteiger partial charge is 0.396 e. The van der Waals surface area contributed by atoms with Crippen molar-refractivity contribution >= 4 is 0 Å². The highest BCUT2D eigenvalue weighted by Crippen LogP contribution is 2.58. The van der Waals surface area contributed by atoms with Gasteiger partial charge < -0.3 is 5.11 Å². The van der Waals surface area contributed by atoms with Gasteiger partial charge in [0, 0.05) is 6.61 Å². The first-order valence-electron chi connectivity index (χ1n) is 5.29. The van der Waals surface area contributed by atoms with Gasteiger partial charge in [0.25, 0.3) is 0 Å². The maximum Gasteiger partial charge on any atom is 0.0464 e. The van der Waals surface area contributed by atoms with Crippen LogP contribution in [-0.4, -0.2) is 11.7 Å². The van der Waals surface area contributed by atoms with E-state index in [1.807, 2.05) is 0 Å². The van der Waals surface area contributed by atoms with E-state index in [1.54, 1.807) is 0 Å². The molecule has 0 amide bonds. The van der Waals surface area contributed by atoms with Crippen LogP contribution in [0, 0.1) is 17.3 Å². The van der Waals surface area contributed by atoms with Crippen LogP contribution in [0.3, 0.4) is 0 Å². The van der Waals surface area contributed by atoms with Crippen LogP contribution in [0.2, 0.25) is 0 Å². The number of hydrogen-bond donors (Lipinski definition) is 1. The van der Waals surface area contributed by atoms with Gasteiger partial charge in [-0.2, -0.15) is 0 Å². The molecule has 0 radical (unpaired) electrons. The van der Waals surface area contributed by atoms with Crippen molar-refractivity contribution < 1.29 is 5.11 Å². The molecule has 1 nitrogen and oxygen atoms in total. The van der Waals surface area contributed by atoms with Crippen LogP contribution in [0.4, 0.5) is 0 Å². The lowest BCUT2D eigenvalue weighted by Gasteiger charge is -2.18. The second-order valence-corrected chi connectivity index (χ2v) is 4.52. The Balaban J connectivity index is 2.38. The van der Waals surface area contributed by atoms with E-state index < -0.39 is 0 Å². The minimum atomic E-state index is 0.407. The van der Waals surface area contributed by atoms with E-state index in [2.05, 4.69) is 20.8 Å². The smallest absolute Gasteiger partial charge is 0.0464 e. The van der Waals surface area contributed by atoms with Crippen molar-refractivity contribution in [3.63, 3.8) is 0 Å². The predicted molar refractivity (Wildman–Crippen MR) is 52.0 cm³/mol. The third-order valence-corrected chi connectivity index (χ3v) is 3.74. The summed E-state index contributed by atoms with van der Waals surface area (Å²) in [6.07, 6.45) is 5.12. The lowest BCUT2D eigenvalue weighted by atomic mass is 9.87. The number of aliphatic hydroxyl groups excluding tert-OH is 1. The standard InChI is InChI=1S/C11H22O/c1-4-9(3)6-11(5-2)7-10(11)8-12/h9-10,12H,4-8H2,1-3H3. The summed E-state index contributed by atoms with van der Waals surface area (Å²) in [4.78, 5) is 0. The van der Waals surface area contributed by atoms with Crippen LogP contribution in [-0.2, 0) is 0 Å². The van der Waals surface area contributed by atoms with Gasteiger partial charge in [-0.1, -0.05) is 33.6 Å². The quantitative estimate of drug-likeness (QED) is 0.672. The van der Waals surface area contributed by atoms with Crippen LogP contribution in [0.5, 0.6) is 0 Å². The fourth-order valence-electron chi connectivity index (χ4n) is 2.36. The van der Waals surface area contributed by atoms with Crippen LogP contribution in [0.1, 0.15) is 46.5 Å². The Morgan fingerprint density at radius 2 is 2.17 bits per heavy atom. The zero-order valence-electron chi connectivity index (χ0n) is 8.64. The lowest BCUT2D eigenvalue weighted by Crippen LogP contribution is -2.10. The maximum absolute atomic E-state index is 9.06. The Kier molecular flexibility index (Phi) is 3.16. The molecule has 1 N–H and O–H groups in total. The first-order valence-corrected chi connectivity index (χ1v) is 5.29. The fraction of sp³-hybridized carbons (Fsp3) is 1.00. The third-order valence-electron chi connectivity index (χ3n) is 3.74. The van der Waals surface area contributed by atoms with E-state index in [-0.39, 0.29) is 0 Å². The van der Waals surface area contributed by atoms with Crippen molar-refractivity contribution in [2.24, 2.45) is 17.3 Å². The zero-order valence-corrected chi connectivity index (χ0v) is 8.64. The molecule has 0 heterocycles. The summed E-state index contributed by atoms with van der Waals surface area (Å²) < 4.78 is 0. The van der Waals surface area contributed by atoms with Crippen LogP contribution in [0.15, 0.2) is 0 Å². The minimum absolute atomic E-state index is 0.407. The molecule has 0 aromatic rings. The van der Waals surface area contributed by atoms with Crippen molar-refractivity contribution in [1.29, 1.82) is 0 Å². The summed E-state index contributed by atoms with van der Waals surface area (Å²) in [5, 5.41) is 9.06. The molecular formula is C11H22O. The number of hydrogen-bond acceptors (Lipinski definition) is 1. The monoisotopic (exact) mass is 170 g/mol. The molecule has 1 saturated carbocycles. The molecule has 1 fully saturated rings. The molecule has 1 rings (SSSR count). The molecule has 0 spiro atoms. The van der Waals surface area contributed by atoms with Gasteiger partial charge in [-0.15, -0.1) is 0 Å². The van der Waals surface area contributed by atoms with Gasteiger partial charge in [0.15, 0.2) is 0 Å². The maximum atomic E-state index is 9.06. The molecule has 0 saturated heterocycles. The summed E-state index contributed by atoms with van der Waals surface area (Å²) in [6.45, 7) is 7.25. The van der Waals surface area contributed by atoms with Gasteiger partial charge in [-0.3, -0.25) is 0 Å². The minimum Gasteiger partial charge on any atom is -0.396 e. The highest BCUT2D eigenvalue weighted by Gasteiger charge is 2.51. The summed E-state index contributed by atoms with van der Waals surface area (Å²) in [6, 6.07) is 0. The average Bonchev–Trinajstić information content (AvgIpc) is 2.79. The summed E-state index contributed by atoms with van der Waals surface area (Å²) in [5.41, 5.74) is 0.532. The topological polar surface area (TPSA) is 20.2 Å². The Labute approximate surface area is 76.2 Å². The Bertz CT molecular complexity index is 144. The first kappa shape index (κ1) is 10.0. The molecule has 3 unspecified atom stereocenters. The first-order chi connectivity index (χ1) is 5.68. The normalized spacial score (nSPS) is 36.5. The SMILES string of the molecule is CCC(C)CC1(CC)CC1CO. The summed E-state index contributed by atoms with van der Waals surface area (Å²) in [5.74, 6) is 1.46. The molecule has 0 aromatic carbocycles. The summed E-state index contributed by atoms with van der Waals surface area (Å²) >= 11 is 0. The van der Waals surface area contributed by atoms with Gasteiger partial charge in [-0.25, -0.2) is 0 Å². The zero-order chi connectivity index (χ0) is 9.19.